The molecule has 0 aromatic carbocycles. The largest absolute Gasteiger partial charge is 0.292 e. The van der Waals surface area contributed by atoms with E-state index in [1.165, 1.54) is 0 Å². The third-order valence-electron chi connectivity index (χ3n) is 4.47. The van der Waals surface area contributed by atoms with Crippen molar-refractivity contribution in [2.24, 2.45) is 0 Å². The zero-order valence-corrected chi connectivity index (χ0v) is 15.0. The highest BCUT2D eigenvalue weighted by Gasteiger charge is 2.18. The number of rotatable bonds is 6. The zero-order chi connectivity index (χ0) is 17.8. The van der Waals surface area contributed by atoms with Crippen LogP contribution in [0, 0.1) is 6.92 Å². The van der Waals surface area contributed by atoms with E-state index in [0.717, 1.165) is 35.4 Å². The highest BCUT2D eigenvalue weighted by molar-refractivity contribution is 5.46. The first kappa shape index (κ1) is 17.3. The lowest BCUT2D eigenvalue weighted by Gasteiger charge is -2.27. The summed E-state index contributed by atoms with van der Waals surface area (Å²) in [6.45, 7) is 4.76. The summed E-state index contributed by atoms with van der Waals surface area (Å²) in [7, 11) is 2.07. The van der Waals surface area contributed by atoms with E-state index in [1.807, 2.05) is 37.4 Å². The lowest BCUT2D eigenvalue weighted by Crippen LogP contribution is -2.27. The number of hydrogen-bond acceptors (Lipinski definition) is 4. The van der Waals surface area contributed by atoms with Crippen LogP contribution in [0.1, 0.15) is 42.8 Å². The van der Waals surface area contributed by atoms with E-state index in [-0.39, 0.29) is 11.6 Å². The van der Waals surface area contributed by atoms with Crippen molar-refractivity contribution in [2.75, 3.05) is 7.05 Å². The molecule has 0 fully saturated rings. The molecule has 0 aliphatic rings. The van der Waals surface area contributed by atoms with E-state index in [0.29, 0.717) is 6.54 Å². The molecule has 3 heterocycles. The monoisotopic (exact) mass is 336 g/mol. The normalized spacial score (nSPS) is 12.6. The number of hydrogen-bond donors (Lipinski definition) is 0. The number of aromatic nitrogens is 3. The van der Waals surface area contributed by atoms with Gasteiger partial charge < -0.3 is 0 Å². The highest BCUT2D eigenvalue weighted by atomic mass is 16.1. The van der Waals surface area contributed by atoms with E-state index in [2.05, 4.69) is 29.9 Å². The summed E-state index contributed by atoms with van der Waals surface area (Å²) in [5.41, 5.74) is 3.53. The van der Waals surface area contributed by atoms with Crippen LogP contribution in [0.4, 0.5) is 0 Å². The van der Waals surface area contributed by atoms with Crippen LogP contribution in [-0.2, 0) is 6.54 Å². The quantitative estimate of drug-likeness (QED) is 0.692. The molecule has 0 spiro atoms. The third-order valence-corrected chi connectivity index (χ3v) is 4.47. The maximum atomic E-state index is 12.4. The average molecular weight is 336 g/mol. The van der Waals surface area contributed by atoms with Gasteiger partial charge in [0.1, 0.15) is 5.65 Å². The standard InChI is InChI=1S/C20H24N4O/c1-4-8-18(17-10-5-6-11-21-17)23(3)14-16-13-19(25)24-12-7-9-15(2)20(24)22-16/h5-7,9-13,18H,4,8,14H2,1-3H3/t18-/m1/s1. The summed E-state index contributed by atoms with van der Waals surface area (Å²) in [6, 6.07) is 11.7. The molecule has 5 heteroatoms. The van der Waals surface area contributed by atoms with Gasteiger partial charge in [0.15, 0.2) is 0 Å². The van der Waals surface area contributed by atoms with Crippen LogP contribution in [0.2, 0.25) is 0 Å². The molecule has 0 radical (unpaired) electrons. The Hall–Kier alpha value is -2.53. The molecule has 3 aromatic rings. The Bertz CT molecular complexity index is 904. The Morgan fingerprint density at radius 3 is 2.80 bits per heavy atom. The molecule has 25 heavy (non-hydrogen) atoms. The summed E-state index contributed by atoms with van der Waals surface area (Å²) in [4.78, 5) is 23.8. The van der Waals surface area contributed by atoms with E-state index >= 15 is 0 Å². The van der Waals surface area contributed by atoms with Gasteiger partial charge in [-0.05, 0) is 44.2 Å². The van der Waals surface area contributed by atoms with Crippen molar-refractivity contribution in [2.45, 2.75) is 39.3 Å². The van der Waals surface area contributed by atoms with Crippen LogP contribution < -0.4 is 5.56 Å². The smallest absolute Gasteiger partial charge is 0.258 e. The summed E-state index contributed by atoms with van der Waals surface area (Å²) >= 11 is 0. The minimum Gasteiger partial charge on any atom is -0.292 e. The Balaban J connectivity index is 1.91. The molecule has 5 nitrogen and oxygen atoms in total. The SMILES string of the molecule is CCC[C@H](c1ccccn1)N(C)Cc1cc(=O)n2cccc(C)c2n1. The maximum absolute atomic E-state index is 12.4. The van der Waals surface area contributed by atoms with Gasteiger partial charge in [0.2, 0.25) is 0 Å². The summed E-state index contributed by atoms with van der Waals surface area (Å²) < 4.78 is 1.60. The fourth-order valence-electron chi connectivity index (χ4n) is 3.20. The fourth-order valence-corrected chi connectivity index (χ4v) is 3.20. The van der Waals surface area contributed by atoms with Crippen molar-refractivity contribution in [3.63, 3.8) is 0 Å². The first-order chi connectivity index (χ1) is 12.1. The van der Waals surface area contributed by atoms with Gasteiger partial charge in [-0.2, -0.15) is 0 Å². The molecule has 0 N–H and O–H groups in total. The van der Waals surface area contributed by atoms with Gasteiger partial charge >= 0.3 is 0 Å². The van der Waals surface area contributed by atoms with Crippen LogP contribution in [0.15, 0.2) is 53.6 Å². The van der Waals surface area contributed by atoms with Crippen molar-refractivity contribution in [1.82, 2.24) is 19.3 Å². The molecule has 0 amide bonds. The van der Waals surface area contributed by atoms with E-state index in [9.17, 15) is 4.79 Å². The van der Waals surface area contributed by atoms with Crippen molar-refractivity contribution < 1.29 is 0 Å². The van der Waals surface area contributed by atoms with Crippen molar-refractivity contribution >= 4 is 5.65 Å². The zero-order valence-electron chi connectivity index (χ0n) is 15.0. The van der Waals surface area contributed by atoms with Gasteiger partial charge in [-0.25, -0.2) is 4.98 Å². The number of nitrogens with zero attached hydrogens (tertiary/aromatic N) is 4. The van der Waals surface area contributed by atoms with Gasteiger partial charge in [-0.3, -0.25) is 19.1 Å². The van der Waals surface area contributed by atoms with Gasteiger partial charge in [0.25, 0.3) is 5.56 Å². The highest BCUT2D eigenvalue weighted by Crippen LogP contribution is 2.24. The minimum absolute atomic E-state index is 0.0398. The average Bonchev–Trinajstić information content (AvgIpc) is 2.61. The molecular weight excluding hydrogens is 312 g/mol. The molecule has 0 saturated carbocycles. The Labute approximate surface area is 148 Å². The van der Waals surface area contributed by atoms with Crippen molar-refractivity contribution in [1.29, 1.82) is 0 Å². The van der Waals surface area contributed by atoms with E-state index < -0.39 is 0 Å². The number of fused-ring (bicyclic) bond motifs is 1. The van der Waals surface area contributed by atoms with Crippen molar-refractivity contribution in [3.8, 4) is 0 Å². The van der Waals surface area contributed by atoms with Crippen LogP contribution >= 0.6 is 0 Å². The summed E-state index contributed by atoms with van der Waals surface area (Å²) in [5.74, 6) is 0. The second-order valence-electron chi connectivity index (χ2n) is 6.44. The molecule has 3 aromatic heterocycles. The molecule has 0 saturated heterocycles. The van der Waals surface area contributed by atoms with Crippen molar-refractivity contribution in [3.05, 3.63) is 76.1 Å². The van der Waals surface area contributed by atoms with Crippen LogP contribution in [-0.4, -0.2) is 26.3 Å². The van der Waals surface area contributed by atoms with Crippen LogP contribution in [0.25, 0.3) is 5.65 Å². The second-order valence-corrected chi connectivity index (χ2v) is 6.44. The van der Waals surface area contributed by atoms with Gasteiger partial charge in [0, 0.05) is 25.0 Å². The number of aryl methyl sites for hydroxylation is 1. The molecule has 0 unspecified atom stereocenters. The third kappa shape index (κ3) is 3.77. The first-order valence-electron chi connectivity index (χ1n) is 8.69. The summed E-state index contributed by atoms with van der Waals surface area (Å²) in [6.07, 6.45) is 5.67. The van der Waals surface area contributed by atoms with Crippen LogP contribution in [0.3, 0.4) is 0 Å². The van der Waals surface area contributed by atoms with Gasteiger partial charge in [0.05, 0.1) is 17.4 Å². The molecule has 1 atom stereocenters. The summed E-state index contributed by atoms with van der Waals surface area (Å²) in [5, 5.41) is 0. The lowest BCUT2D eigenvalue weighted by atomic mass is 10.1. The van der Waals surface area contributed by atoms with Gasteiger partial charge in [-0.15, -0.1) is 0 Å². The molecule has 0 aliphatic heterocycles. The first-order valence-corrected chi connectivity index (χ1v) is 8.69. The van der Waals surface area contributed by atoms with E-state index in [4.69, 9.17) is 4.98 Å². The molecule has 0 bridgehead atoms. The fraction of sp³-hybridized carbons (Fsp3) is 0.350. The second kappa shape index (κ2) is 7.57. The topological polar surface area (TPSA) is 50.5 Å². The van der Waals surface area contributed by atoms with Gasteiger partial charge in [-0.1, -0.05) is 25.5 Å². The van der Waals surface area contributed by atoms with Crippen LogP contribution in [0.5, 0.6) is 0 Å². The predicted molar refractivity (Wildman–Crippen MR) is 99.6 cm³/mol. The Morgan fingerprint density at radius 1 is 1.24 bits per heavy atom. The maximum Gasteiger partial charge on any atom is 0.258 e. The Morgan fingerprint density at radius 2 is 2.08 bits per heavy atom. The molecule has 3 rings (SSSR count). The molecule has 0 aliphatic carbocycles. The number of pyridine rings is 2. The minimum atomic E-state index is -0.0398. The predicted octanol–water partition coefficient (Wildman–Crippen LogP) is 3.37. The van der Waals surface area contributed by atoms with E-state index in [1.54, 1.807) is 16.7 Å². The molecular formula is C20H24N4O. The molecule has 130 valence electrons. The Kier molecular flexibility index (Phi) is 5.24. The lowest BCUT2D eigenvalue weighted by molar-refractivity contribution is 0.216.